The maximum Gasteiger partial charge on any atom is 0.227 e. The molecule has 3 rings (SSSR count). The molecule has 122 valence electrons. The zero-order valence-corrected chi connectivity index (χ0v) is 14.0. The number of hydrogen-bond acceptors (Lipinski definition) is 3. The summed E-state index contributed by atoms with van der Waals surface area (Å²) >= 11 is 0. The molecule has 1 aromatic carbocycles. The van der Waals surface area contributed by atoms with Gasteiger partial charge in [0.15, 0.2) is 0 Å². The van der Waals surface area contributed by atoms with E-state index in [0.29, 0.717) is 18.1 Å². The first-order chi connectivity index (χ1) is 10.2. The molecule has 5 heteroatoms. The first-order valence-corrected chi connectivity index (χ1v) is 7.86. The van der Waals surface area contributed by atoms with E-state index in [9.17, 15) is 4.79 Å². The lowest BCUT2D eigenvalue weighted by molar-refractivity contribution is -0.123. The van der Waals surface area contributed by atoms with Gasteiger partial charge in [0.25, 0.3) is 0 Å². The molecule has 1 amide bonds. The largest absolute Gasteiger partial charge is 0.497 e. The second-order valence-corrected chi connectivity index (χ2v) is 6.31. The molecule has 0 aliphatic carbocycles. The predicted molar refractivity (Wildman–Crippen MR) is 89.8 cm³/mol. The molecule has 2 bridgehead atoms. The minimum atomic E-state index is -0.146. The first kappa shape index (κ1) is 17.1. The van der Waals surface area contributed by atoms with Crippen LogP contribution in [-0.2, 0) is 4.79 Å². The van der Waals surface area contributed by atoms with Gasteiger partial charge in [-0.15, -0.1) is 12.4 Å². The van der Waals surface area contributed by atoms with Crippen molar-refractivity contribution in [2.24, 2.45) is 0 Å². The number of carbonyl (C=O) groups is 1. The van der Waals surface area contributed by atoms with E-state index < -0.39 is 0 Å². The number of hydrogen-bond donors (Lipinski definition) is 2. The Labute approximate surface area is 138 Å². The van der Waals surface area contributed by atoms with Gasteiger partial charge in [-0.25, -0.2) is 0 Å². The maximum absolute atomic E-state index is 12.5. The number of fused-ring (bicyclic) bond motifs is 2. The van der Waals surface area contributed by atoms with Crippen LogP contribution in [0.2, 0.25) is 0 Å². The number of methoxy groups -OCH3 is 1. The molecule has 0 aromatic heterocycles. The molecule has 0 spiro atoms. The predicted octanol–water partition coefficient (Wildman–Crippen LogP) is 2.62. The van der Waals surface area contributed by atoms with Gasteiger partial charge in [0.05, 0.1) is 13.0 Å². The van der Waals surface area contributed by atoms with Crippen LogP contribution in [-0.4, -0.2) is 31.1 Å². The summed E-state index contributed by atoms with van der Waals surface area (Å²) in [7, 11) is 1.65. The third-order valence-corrected chi connectivity index (χ3v) is 4.81. The zero-order valence-electron chi connectivity index (χ0n) is 13.2. The van der Waals surface area contributed by atoms with Gasteiger partial charge in [0.2, 0.25) is 5.91 Å². The summed E-state index contributed by atoms with van der Waals surface area (Å²) < 4.78 is 5.23. The summed E-state index contributed by atoms with van der Waals surface area (Å²) in [6, 6.07) is 9.28. The fourth-order valence-corrected chi connectivity index (χ4v) is 3.56. The Morgan fingerprint density at radius 1 is 1.32 bits per heavy atom. The molecule has 2 N–H and O–H groups in total. The number of halogens is 1. The van der Waals surface area contributed by atoms with Crippen LogP contribution in [0.3, 0.4) is 0 Å². The SMILES string of the molecule is COc1cccc(C(C)C(=O)NC2CC3CCC(C2)N3)c1.Cl. The Balaban J connectivity index is 0.00000176. The van der Waals surface area contributed by atoms with Crippen molar-refractivity contribution in [3.8, 4) is 5.75 Å². The van der Waals surface area contributed by atoms with Crippen molar-refractivity contribution in [3.05, 3.63) is 29.8 Å². The molecule has 2 aliphatic heterocycles. The van der Waals surface area contributed by atoms with E-state index in [0.717, 1.165) is 24.2 Å². The quantitative estimate of drug-likeness (QED) is 0.895. The average Bonchev–Trinajstić information content (AvgIpc) is 2.85. The summed E-state index contributed by atoms with van der Waals surface area (Å²) in [6.45, 7) is 1.96. The highest BCUT2D eigenvalue weighted by Crippen LogP contribution is 2.27. The minimum absolute atomic E-state index is 0. The van der Waals surface area contributed by atoms with E-state index in [1.165, 1.54) is 12.8 Å². The lowest BCUT2D eigenvalue weighted by Gasteiger charge is -2.30. The van der Waals surface area contributed by atoms with Gasteiger partial charge in [-0.3, -0.25) is 4.79 Å². The van der Waals surface area contributed by atoms with Crippen LogP contribution in [0.5, 0.6) is 5.75 Å². The van der Waals surface area contributed by atoms with Crippen molar-refractivity contribution < 1.29 is 9.53 Å². The fraction of sp³-hybridized carbons (Fsp3) is 0.588. The lowest BCUT2D eigenvalue weighted by Crippen LogP contribution is -2.48. The standard InChI is InChI=1S/C17H24N2O2.ClH/c1-11(12-4-3-5-16(8-12)21-2)17(20)19-15-9-13-6-7-14(10-15)18-13;/h3-5,8,11,13-15,18H,6-7,9-10H2,1-2H3,(H,19,20);1H. The summed E-state index contributed by atoms with van der Waals surface area (Å²) in [6.07, 6.45) is 4.63. The number of piperidine rings is 1. The van der Waals surface area contributed by atoms with Crippen molar-refractivity contribution in [2.45, 2.75) is 56.7 Å². The van der Waals surface area contributed by atoms with E-state index in [1.54, 1.807) is 7.11 Å². The highest BCUT2D eigenvalue weighted by molar-refractivity contribution is 5.85. The monoisotopic (exact) mass is 324 g/mol. The van der Waals surface area contributed by atoms with E-state index in [1.807, 2.05) is 31.2 Å². The Morgan fingerprint density at radius 2 is 2.00 bits per heavy atom. The molecular weight excluding hydrogens is 300 g/mol. The van der Waals surface area contributed by atoms with Gasteiger partial charge in [0.1, 0.15) is 5.75 Å². The highest BCUT2D eigenvalue weighted by atomic mass is 35.5. The summed E-state index contributed by atoms with van der Waals surface area (Å²) in [5.41, 5.74) is 1.00. The van der Waals surface area contributed by atoms with E-state index in [2.05, 4.69) is 10.6 Å². The smallest absolute Gasteiger partial charge is 0.227 e. The Hall–Kier alpha value is -1.26. The van der Waals surface area contributed by atoms with Gasteiger partial charge in [-0.05, 0) is 50.3 Å². The Morgan fingerprint density at radius 3 is 2.64 bits per heavy atom. The molecular formula is C17H25ClN2O2. The van der Waals surface area contributed by atoms with Crippen LogP contribution in [0.25, 0.3) is 0 Å². The van der Waals surface area contributed by atoms with Crippen LogP contribution in [0.15, 0.2) is 24.3 Å². The number of carbonyl (C=O) groups excluding carboxylic acids is 1. The van der Waals surface area contributed by atoms with Crippen molar-refractivity contribution in [1.29, 1.82) is 0 Å². The number of rotatable bonds is 4. The Kier molecular flexibility index (Phi) is 5.70. The molecule has 2 aliphatic rings. The second kappa shape index (κ2) is 7.34. The van der Waals surface area contributed by atoms with Crippen molar-refractivity contribution in [2.75, 3.05) is 7.11 Å². The third kappa shape index (κ3) is 3.73. The summed E-state index contributed by atoms with van der Waals surface area (Å²) in [4.78, 5) is 12.5. The van der Waals surface area contributed by atoms with Crippen molar-refractivity contribution >= 4 is 18.3 Å². The molecule has 2 fully saturated rings. The van der Waals surface area contributed by atoms with Crippen LogP contribution in [0.1, 0.15) is 44.1 Å². The number of ether oxygens (including phenoxy) is 1. The van der Waals surface area contributed by atoms with Crippen molar-refractivity contribution in [3.63, 3.8) is 0 Å². The molecule has 0 saturated carbocycles. The zero-order chi connectivity index (χ0) is 14.8. The van der Waals surface area contributed by atoms with Crippen LogP contribution in [0, 0.1) is 0 Å². The highest BCUT2D eigenvalue weighted by Gasteiger charge is 2.34. The van der Waals surface area contributed by atoms with Gasteiger partial charge in [-0.1, -0.05) is 12.1 Å². The third-order valence-electron chi connectivity index (χ3n) is 4.81. The molecule has 2 heterocycles. The Bertz CT molecular complexity index is 511. The molecule has 2 saturated heterocycles. The van der Waals surface area contributed by atoms with Gasteiger partial charge in [-0.2, -0.15) is 0 Å². The van der Waals surface area contributed by atoms with Crippen LogP contribution in [0.4, 0.5) is 0 Å². The molecule has 0 radical (unpaired) electrons. The molecule has 1 aromatic rings. The van der Waals surface area contributed by atoms with Crippen molar-refractivity contribution in [1.82, 2.24) is 10.6 Å². The fourth-order valence-electron chi connectivity index (χ4n) is 3.56. The van der Waals surface area contributed by atoms with E-state index >= 15 is 0 Å². The van der Waals surface area contributed by atoms with Gasteiger partial charge >= 0.3 is 0 Å². The topological polar surface area (TPSA) is 50.4 Å². The number of benzene rings is 1. The maximum atomic E-state index is 12.5. The summed E-state index contributed by atoms with van der Waals surface area (Å²) in [5, 5.41) is 6.84. The van der Waals surface area contributed by atoms with Crippen LogP contribution < -0.4 is 15.4 Å². The molecule has 22 heavy (non-hydrogen) atoms. The molecule has 3 atom stereocenters. The number of nitrogens with one attached hydrogen (secondary N) is 2. The first-order valence-electron chi connectivity index (χ1n) is 7.86. The summed E-state index contributed by atoms with van der Waals surface area (Å²) in [5.74, 6) is 0.772. The second-order valence-electron chi connectivity index (χ2n) is 6.31. The minimum Gasteiger partial charge on any atom is -0.497 e. The van der Waals surface area contributed by atoms with Crippen LogP contribution >= 0.6 is 12.4 Å². The van der Waals surface area contributed by atoms with E-state index in [-0.39, 0.29) is 24.2 Å². The molecule has 3 unspecified atom stereocenters. The number of amides is 1. The molecule has 4 nitrogen and oxygen atoms in total. The lowest BCUT2D eigenvalue weighted by atomic mass is 9.96. The van der Waals surface area contributed by atoms with E-state index in [4.69, 9.17) is 4.74 Å². The normalized spacial score (nSPS) is 27.6. The average molecular weight is 325 g/mol. The van der Waals surface area contributed by atoms with Gasteiger partial charge < -0.3 is 15.4 Å². The van der Waals surface area contributed by atoms with Gasteiger partial charge in [0, 0.05) is 18.1 Å².